The molecule has 1 N–H and O–H groups in total. The molecular weight excluding hydrogens is 369 g/mol. The van der Waals surface area contributed by atoms with Gasteiger partial charge < -0.3 is 15.0 Å². The number of nitrogens with one attached hydrogen (secondary N) is 1. The number of amides is 1. The van der Waals surface area contributed by atoms with Gasteiger partial charge in [-0.1, -0.05) is 30.3 Å². The minimum atomic E-state index is -0.532. The Hall–Kier alpha value is -2.73. The molecule has 2 aliphatic rings. The number of hydrogen-bond donors (Lipinski definition) is 1. The normalized spacial score (nSPS) is 19.9. The molecule has 5 nitrogen and oxygen atoms in total. The van der Waals surface area contributed by atoms with E-state index in [2.05, 4.69) is 15.1 Å². The molecule has 2 aliphatic heterocycles. The van der Waals surface area contributed by atoms with Crippen molar-refractivity contribution in [1.82, 2.24) is 10.2 Å². The van der Waals surface area contributed by atoms with E-state index in [9.17, 15) is 14.0 Å². The van der Waals surface area contributed by atoms with Crippen LogP contribution in [0.3, 0.4) is 0 Å². The molecule has 2 aromatic rings. The highest BCUT2D eigenvalue weighted by atomic mass is 19.1. The Morgan fingerprint density at radius 3 is 2.41 bits per heavy atom. The fourth-order valence-electron chi connectivity index (χ4n) is 4.71. The van der Waals surface area contributed by atoms with Gasteiger partial charge in [-0.25, -0.2) is 4.39 Å². The number of halogens is 1. The predicted octanol–water partition coefficient (Wildman–Crippen LogP) is 3.27. The minimum Gasteiger partial charge on any atom is -0.339 e. The van der Waals surface area contributed by atoms with Crippen LogP contribution in [0.15, 0.2) is 54.6 Å². The number of rotatable bonds is 6. The molecule has 1 spiro atoms. The Bertz CT molecular complexity index is 848. The van der Waals surface area contributed by atoms with Gasteiger partial charge in [0.1, 0.15) is 17.6 Å². The zero-order chi connectivity index (χ0) is 20.3. The van der Waals surface area contributed by atoms with Crippen LogP contribution in [0, 0.1) is 5.82 Å². The molecule has 1 unspecified atom stereocenters. The number of anilines is 1. The van der Waals surface area contributed by atoms with Crippen LogP contribution in [0.1, 0.15) is 37.3 Å². The Kier molecular flexibility index (Phi) is 5.62. The highest BCUT2D eigenvalue weighted by molar-refractivity contribution is 5.93. The van der Waals surface area contributed by atoms with E-state index >= 15 is 0 Å². The van der Waals surface area contributed by atoms with E-state index in [-0.39, 0.29) is 17.8 Å². The number of hydrogen-bond acceptors (Lipinski definition) is 4. The molecule has 2 aromatic carbocycles. The van der Waals surface area contributed by atoms with Gasteiger partial charge >= 0.3 is 0 Å². The van der Waals surface area contributed by atoms with Gasteiger partial charge in [0.2, 0.25) is 5.91 Å². The maximum absolute atomic E-state index is 13.4. The molecule has 0 saturated carbocycles. The smallest absolute Gasteiger partial charge is 0.247 e. The number of carbonyl (C=O) groups excluding carboxylic acids is 2. The molecule has 6 heteroatoms. The van der Waals surface area contributed by atoms with Crippen LogP contribution in [0.25, 0.3) is 0 Å². The number of para-hydroxylation sites is 1. The van der Waals surface area contributed by atoms with E-state index in [4.69, 9.17) is 0 Å². The first kappa shape index (κ1) is 19.6. The lowest BCUT2D eigenvalue weighted by Crippen LogP contribution is -2.56. The van der Waals surface area contributed by atoms with Crippen molar-refractivity contribution in [2.24, 2.45) is 0 Å². The van der Waals surface area contributed by atoms with E-state index in [1.807, 2.05) is 30.3 Å². The lowest BCUT2D eigenvalue weighted by molar-refractivity contribution is -0.125. The first-order valence-electron chi connectivity index (χ1n) is 10.2. The third-order valence-corrected chi connectivity index (χ3v) is 6.28. The molecule has 2 heterocycles. The lowest BCUT2D eigenvalue weighted by atomic mass is 9.84. The summed E-state index contributed by atoms with van der Waals surface area (Å²) in [7, 11) is 0. The van der Waals surface area contributed by atoms with Crippen LogP contribution in [0.5, 0.6) is 0 Å². The summed E-state index contributed by atoms with van der Waals surface area (Å²) in [6, 6.07) is 16.6. The summed E-state index contributed by atoms with van der Waals surface area (Å²) in [5, 5.41) is 3.03. The standard InChI is InChI=1S/C23H26FN3O2/c24-19-10-8-18(9-11-19)21(7-4-16-28)26-14-12-23(13-15-26)22(29)25-17-27(23)20-5-2-1-3-6-20/h1-3,5-6,8-11,16,21H,4,7,12-15,17H2,(H,25,29). The van der Waals surface area contributed by atoms with Gasteiger partial charge in [0.25, 0.3) is 0 Å². The highest BCUT2D eigenvalue weighted by Gasteiger charge is 2.50. The summed E-state index contributed by atoms with van der Waals surface area (Å²) in [6.07, 6.45) is 3.51. The molecule has 0 bridgehead atoms. The number of benzene rings is 2. The van der Waals surface area contributed by atoms with Gasteiger partial charge in [0.05, 0.1) is 6.67 Å². The highest BCUT2D eigenvalue weighted by Crippen LogP contribution is 2.39. The quantitative estimate of drug-likeness (QED) is 0.763. The average molecular weight is 395 g/mol. The molecule has 4 rings (SSSR count). The van der Waals surface area contributed by atoms with Crippen molar-refractivity contribution in [1.29, 1.82) is 0 Å². The summed E-state index contributed by atoms with van der Waals surface area (Å²) < 4.78 is 13.4. The first-order valence-corrected chi connectivity index (χ1v) is 10.2. The molecule has 2 fully saturated rings. The number of nitrogens with zero attached hydrogens (tertiary/aromatic N) is 2. The van der Waals surface area contributed by atoms with Crippen molar-refractivity contribution in [2.75, 3.05) is 24.7 Å². The molecule has 0 aliphatic carbocycles. The number of likely N-dealkylation sites (tertiary alicyclic amines) is 1. The van der Waals surface area contributed by atoms with E-state index < -0.39 is 5.54 Å². The van der Waals surface area contributed by atoms with Crippen molar-refractivity contribution in [3.05, 3.63) is 66.0 Å². The minimum absolute atomic E-state index is 0.0489. The number of carbonyl (C=O) groups is 2. The topological polar surface area (TPSA) is 52.7 Å². The predicted molar refractivity (Wildman–Crippen MR) is 110 cm³/mol. The second-order valence-electron chi connectivity index (χ2n) is 7.81. The van der Waals surface area contributed by atoms with Crippen molar-refractivity contribution >= 4 is 17.9 Å². The van der Waals surface area contributed by atoms with Crippen LogP contribution in [0.2, 0.25) is 0 Å². The van der Waals surface area contributed by atoms with E-state index in [1.54, 1.807) is 12.1 Å². The van der Waals surface area contributed by atoms with Gasteiger partial charge in [-0.3, -0.25) is 9.69 Å². The first-order chi connectivity index (χ1) is 14.1. The Morgan fingerprint density at radius 2 is 1.76 bits per heavy atom. The number of aldehydes is 1. The Labute approximate surface area is 170 Å². The maximum atomic E-state index is 13.4. The van der Waals surface area contributed by atoms with Gasteiger partial charge in [0.15, 0.2) is 0 Å². The van der Waals surface area contributed by atoms with Gasteiger partial charge in [-0.2, -0.15) is 0 Å². The van der Waals surface area contributed by atoms with Crippen LogP contribution in [-0.4, -0.2) is 42.4 Å². The van der Waals surface area contributed by atoms with E-state index in [1.165, 1.54) is 12.1 Å². The second-order valence-corrected chi connectivity index (χ2v) is 7.81. The van der Waals surface area contributed by atoms with Crippen molar-refractivity contribution in [3.8, 4) is 0 Å². The fraction of sp³-hybridized carbons (Fsp3) is 0.391. The van der Waals surface area contributed by atoms with Crippen LogP contribution < -0.4 is 10.2 Å². The van der Waals surface area contributed by atoms with Crippen molar-refractivity contribution in [2.45, 2.75) is 37.3 Å². The third kappa shape index (κ3) is 3.77. The van der Waals surface area contributed by atoms with Crippen molar-refractivity contribution < 1.29 is 14.0 Å². The molecule has 29 heavy (non-hydrogen) atoms. The average Bonchev–Trinajstić information content (AvgIpc) is 3.07. The molecule has 1 amide bonds. The zero-order valence-corrected chi connectivity index (χ0v) is 16.4. The van der Waals surface area contributed by atoms with Gasteiger partial charge in [0, 0.05) is 31.2 Å². The molecule has 0 radical (unpaired) electrons. The second kappa shape index (κ2) is 8.33. The third-order valence-electron chi connectivity index (χ3n) is 6.28. The van der Waals surface area contributed by atoms with Crippen LogP contribution in [0.4, 0.5) is 10.1 Å². The molecule has 2 saturated heterocycles. The van der Waals surface area contributed by atoms with E-state index in [0.29, 0.717) is 32.4 Å². The van der Waals surface area contributed by atoms with Gasteiger partial charge in [-0.05, 0) is 49.1 Å². The maximum Gasteiger partial charge on any atom is 0.247 e. The SMILES string of the molecule is O=CCCC(c1ccc(F)cc1)N1CCC2(CC1)C(=O)NCN2c1ccccc1. The summed E-state index contributed by atoms with van der Waals surface area (Å²) in [6.45, 7) is 2.02. The molecule has 1 atom stereocenters. The largest absolute Gasteiger partial charge is 0.339 e. The summed E-state index contributed by atoms with van der Waals surface area (Å²) in [5.41, 5.74) is 1.53. The zero-order valence-electron chi connectivity index (χ0n) is 16.4. The summed E-state index contributed by atoms with van der Waals surface area (Å²) in [5.74, 6) is -0.172. The Morgan fingerprint density at radius 1 is 1.07 bits per heavy atom. The Balaban J connectivity index is 1.53. The molecular formula is C23H26FN3O2. The van der Waals surface area contributed by atoms with Crippen LogP contribution >= 0.6 is 0 Å². The monoisotopic (exact) mass is 395 g/mol. The molecule has 0 aromatic heterocycles. The van der Waals surface area contributed by atoms with Gasteiger partial charge in [-0.15, -0.1) is 0 Å². The fourth-order valence-corrected chi connectivity index (χ4v) is 4.71. The molecule has 152 valence electrons. The number of piperidine rings is 1. The lowest BCUT2D eigenvalue weighted by Gasteiger charge is -2.45. The summed E-state index contributed by atoms with van der Waals surface area (Å²) in [4.78, 5) is 28.3. The summed E-state index contributed by atoms with van der Waals surface area (Å²) >= 11 is 0. The van der Waals surface area contributed by atoms with Crippen molar-refractivity contribution in [3.63, 3.8) is 0 Å². The van der Waals surface area contributed by atoms with Crippen LogP contribution in [-0.2, 0) is 9.59 Å². The van der Waals surface area contributed by atoms with E-state index in [0.717, 1.165) is 30.6 Å².